The number of likely N-dealkylation sites (tertiary alicyclic amines) is 1. The van der Waals surface area contributed by atoms with Crippen molar-refractivity contribution < 1.29 is 31.0 Å². The van der Waals surface area contributed by atoms with Gasteiger partial charge >= 0.3 is 5.51 Å². The van der Waals surface area contributed by atoms with E-state index in [0.717, 1.165) is 6.04 Å². The van der Waals surface area contributed by atoms with Gasteiger partial charge in [-0.15, -0.1) is 0 Å². The van der Waals surface area contributed by atoms with Crippen LogP contribution in [-0.2, 0) is 10.1 Å². The molecule has 0 amide bonds. The molecule has 1 aliphatic heterocycles. The molecule has 0 saturated carbocycles. The molecule has 146 valence electrons. The lowest BCUT2D eigenvalue weighted by atomic mass is 10.1. The summed E-state index contributed by atoms with van der Waals surface area (Å²) in [7, 11) is -6.09. The highest BCUT2D eigenvalue weighted by atomic mass is 32.2. The van der Waals surface area contributed by atoms with Gasteiger partial charge in [0, 0.05) is 12.8 Å². The van der Waals surface area contributed by atoms with Crippen molar-refractivity contribution in [3.05, 3.63) is 0 Å². The largest absolute Gasteiger partial charge is 0.741 e. The molecule has 24 heavy (non-hydrogen) atoms. The second kappa shape index (κ2) is 12.1. The van der Waals surface area contributed by atoms with Crippen molar-refractivity contribution in [1.82, 2.24) is 0 Å². The molecule has 0 aromatic carbocycles. The first-order chi connectivity index (χ1) is 11.1. The number of halogens is 3. The van der Waals surface area contributed by atoms with E-state index >= 15 is 0 Å². The summed E-state index contributed by atoms with van der Waals surface area (Å²) in [6, 6.07) is 1.00. The van der Waals surface area contributed by atoms with Crippen LogP contribution in [0.15, 0.2) is 0 Å². The summed E-state index contributed by atoms with van der Waals surface area (Å²) in [5.41, 5.74) is -5.65. The van der Waals surface area contributed by atoms with Crippen LogP contribution in [0.3, 0.4) is 0 Å². The average Bonchev–Trinajstić information content (AvgIpc) is 2.92. The Hall–Kier alpha value is -0.340. The molecule has 0 spiro atoms. The summed E-state index contributed by atoms with van der Waals surface area (Å²) in [5.74, 6) is 0. The van der Waals surface area contributed by atoms with Crippen LogP contribution in [0, 0.1) is 0 Å². The molecule has 1 fully saturated rings. The van der Waals surface area contributed by atoms with Gasteiger partial charge in [-0.05, 0) is 19.3 Å². The zero-order valence-corrected chi connectivity index (χ0v) is 15.6. The molecule has 4 nitrogen and oxygen atoms in total. The van der Waals surface area contributed by atoms with Crippen molar-refractivity contribution in [3.63, 3.8) is 0 Å². The zero-order valence-electron chi connectivity index (χ0n) is 14.8. The molecule has 8 heteroatoms. The van der Waals surface area contributed by atoms with Gasteiger partial charge in [0.1, 0.15) is 0 Å². The summed E-state index contributed by atoms with van der Waals surface area (Å²) in [5, 5.41) is 0. The number of rotatable bonds is 9. The molecule has 0 radical (unpaired) electrons. The Morgan fingerprint density at radius 1 is 1.04 bits per heavy atom. The van der Waals surface area contributed by atoms with E-state index < -0.39 is 15.6 Å². The van der Waals surface area contributed by atoms with Gasteiger partial charge in [-0.1, -0.05) is 46.0 Å². The van der Waals surface area contributed by atoms with Gasteiger partial charge in [0.05, 0.1) is 19.1 Å². The molecule has 1 aliphatic rings. The summed E-state index contributed by atoms with van der Waals surface area (Å²) in [6.07, 6.45) is 14.5. The fourth-order valence-electron chi connectivity index (χ4n) is 3.11. The quantitative estimate of drug-likeness (QED) is 0.382. The van der Waals surface area contributed by atoms with Gasteiger partial charge in [0.25, 0.3) is 0 Å². The molecule has 0 aliphatic carbocycles. The molecule has 1 rings (SSSR count). The number of hydrogen-bond donors (Lipinski definition) is 1. The van der Waals surface area contributed by atoms with E-state index in [4.69, 9.17) is 13.0 Å². The number of hydrogen-bond acceptors (Lipinski definition) is 3. The molecule has 0 aromatic heterocycles. The molecule has 1 heterocycles. The lowest BCUT2D eigenvalue weighted by Crippen LogP contribution is -3.13. The average molecular weight is 375 g/mol. The number of quaternary nitrogens is 1. The monoisotopic (exact) mass is 375 g/mol. The minimum Gasteiger partial charge on any atom is -0.741 e. The van der Waals surface area contributed by atoms with Gasteiger partial charge < -0.3 is 9.45 Å². The Labute approximate surface area is 144 Å². The molecule has 1 saturated heterocycles. The maximum atomic E-state index is 10.7. The van der Waals surface area contributed by atoms with Gasteiger partial charge in [-0.25, -0.2) is 8.42 Å². The van der Waals surface area contributed by atoms with Crippen LogP contribution < -0.4 is 4.90 Å². The van der Waals surface area contributed by atoms with Crippen LogP contribution in [0.4, 0.5) is 13.2 Å². The standard InChI is InChI=1S/C15H31N.CHF3O3S/c1-3-5-6-7-8-9-10-13-16-14-11-12-15(16)4-2;2-1(3,4)8(5,6)7/h15H,3-14H2,1-2H3;(H,5,6,7). The topological polar surface area (TPSA) is 61.6 Å². The van der Waals surface area contributed by atoms with E-state index in [0.29, 0.717) is 0 Å². The highest BCUT2D eigenvalue weighted by molar-refractivity contribution is 7.86. The highest BCUT2D eigenvalue weighted by Crippen LogP contribution is 2.20. The first kappa shape index (κ1) is 23.7. The zero-order chi connectivity index (χ0) is 18.6. The Bertz CT molecular complexity index is 413. The van der Waals surface area contributed by atoms with Crippen LogP contribution in [0.5, 0.6) is 0 Å². The molecule has 2 atom stereocenters. The SMILES string of the molecule is CCCCCCCCC[NH+]1CCCC1CC.O=S(=O)([O-])C(F)(F)F. The summed E-state index contributed by atoms with van der Waals surface area (Å²) in [4.78, 5) is 1.91. The molecule has 2 unspecified atom stereocenters. The second-order valence-electron chi connectivity index (χ2n) is 6.43. The second-order valence-corrected chi connectivity index (χ2v) is 7.80. The molecule has 1 N–H and O–H groups in total. The normalized spacial score (nSPS) is 21.4. The fourth-order valence-corrected chi connectivity index (χ4v) is 3.11. The minimum atomic E-state index is -6.09. The van der Waals surface area contributed by atoms with Crippen LogP contribution in [-0.4, -0.2) is 37.6 Å². The van der Waals surface area contributed by atoms with E-state index in [1.807, 2.05) is 4.90 Å². The van der Waals surface area contributed by atoms with Gasteiger partial charge in [0.2, 0.25) is 0 Å². The van der Waals surface area contributed by atoms with Crippen molar-refractivity contribution in [2.45, 2.75) is 89.6 Å². The van der Waals surface area contributed by atoms with Crippen molar-refractivity contribution in [1.29, 1.82) is 0 Å². The maximum absolute atomic E-state index is 10.7. The van der Waals surface area contributed by atoms with Gasteiger partial charge in [0.15, 0.2) is 10.1 Å². The third-order valence-corrected chi connectivity index (χ3v) is 5.07. The van der Waals surface area contributed by atoms with Crippen LogP contribution in [0.2, 0.25) is 0 Å². The third-order valence-electron chi connectivity index (χ3n) is 4.51. The fraction of sp³-hybridized carbons (Fsp3) is 1.00. The Kier molecular flexibility index (Phi) is 11.9. The summed E-state index contributed by atoms with van der Waals surface area (Å²) in [6.45, 7) is 7.56. The third kappa shape index (κ3) is 10.5. The molecular weight excluding hydrogens is 343 g/mol. The van der Waals surface area contributed by atoms with Crippen LogP contribution in [0.1, 0.15) is 78.1 Å². The number of alkyl halides is 3. The number of nitrogens with one attached hydrogen (secondary N) is 1. The Balaban J connectivity index is 0.000000561. The lowest BCUT2D eigenvalue weighted by molar-refractivity contribution is -0.912. The van der Waals surface area contributed by atoms with Gasteiger partial charge in [-0.2, -0.15) is 13.2 Å². The number of unbranched alkanes of at least 4 members (excludes halogenated alkanes) is 6. The smallest absolute Gasteiger partial charge is 0.485 e. The lowest BCUT2D eigenvalue weighted by Gasteiger charge is -2.20. The maximum Gasteiger partial charge on any atom is 0.485 e. The Morgan fingerprint density at radius 2 is 1.54 bits per heavy atom. The summed E-state index contributed by atoms with van der Waals surface area (Å²) < 4.78 is 58.9. The first-order valence-electron chi connectivity index (χ1n) is 9.00. The van der Waals surface area contributed by atoms with E-state index in [1.54, 1.807) is 0 Å². The predicted molar refractivity (Wildman–Crippen MR) is 87.8 cm³/mol. The van der Waals surface area contributed by atoms with E-state index in [1.165, 1.54) is 77.3 Å². The first-order valence-corrected chi connectivity index (χ1v) is 10.4. The van der Waals surface area contributed by atoms with Crippen molar-refractivity contribution in [2.24, 2.45) is 0 Å². The van der Waals surface area contributed by atoms with Crippen LogP contribution >= 0.6 is 0 Å². The van der Waals surface area contributed by atoms with Crippen molar-refractivity contribution in [2.75, 3.05) is 13.1 Å². The molecule has 0 bridgehead atoms. The van der Waals surface area contributed by atoms with Gasteiger partial charge in [-0.3, -0.25) is 0 Å². The van der Waals surface area contributed by atoms with Crippen molar-refractivity contribution in [3.8, 4) is 0 Å². The highest BCUT2D eigenvalue weighted by Gasteiger charge is 2.36. The predicted octanol–water partition coefficient (Wildman–Crippen LogP) is 3.25. The minimum absolute atomic E-state index is 1.00. The summed E-state index contributed by atoms with van der Waals surface area (Å²) >= 11 is 0. The Morgan fingerprint density at radius 3 is 2.00 bits per heavy atom. The van der Waals surface area contributed by atoms with Crippen molar-refractivity contribution >= 4 is 10.1 Å². The molecule has 0 aromatic rings. The van der Waals surface area contributed by atoms with E-state index in [-0.39, 0.29) is 0 Å². The van der Waals surface area contributed by atoms with E-state index in [2.05, 4.69) is 13.8 Å². The van der Waals surface area contributed by atoms with E-state index in [9.17, 15) is 13.2 Å². The van der Waals surface area contributed by atoms with Crippen LogP contribution in [0.25, 0.3) is 0 Å². The molecular formula is C16H32F3NO3S.